The summed E-state index contributed by atoms with van der Waals surface area (Å²) in [5.74, 6) is 0.451. The van der Waals surface area contributed by atoms with Gasteiger partial charge < -0.3 is 11.1 Å². The number of aryl methyl sites for hydroxylation is 2. The van der Waals surface area contributed by atoms with E-state index >= 15 is 0 Å². The Morgan fingerprint density at radius 3 is 2.57 bits per heavy atom. The van der Waals surface area contributed by atoms with Gasteiger partial charge in [0, 0.05) is 36.1 Å². The number of nitrogen functional groups attached to an aromatic ring is 1. The number of nitrogens with one attached hydrogen (secondary N) is 1. The molecule has 21 heavy (non-hydrogen) atoms. The second-order valence-corrected chi connectivity index (χ2v) is 4.85. The van der Waals surface area contributed by atoms with Gasteiger partial charge in [-0.2, -0.15) is 0 Å². The first-order chi connectivity index (χ1) is 9.95. The lowest BCUT2D eigenvalue weighted by molar-refractivity contribution is -0.116. The number of anilines is 2. The molecule has 0 spiro atoms. The summed E-state index contributed by atoms with van der Waals surface area (Å²) >= 11 is 0. The van der Waals surface area contributed by atoms with Gasteiger partial charge in [0.05, 0.1) is 0 Å². The largest absolute Gasteiger partial charge is 0.399 e. The van der Waals surface area contributed by atoms with Gasteiger partial charge in [-0.15, -0.1) is 0 Å². The van der Waals surface area contributed by atoms with Gasteiger partial charge in [0.25, 0.3) is 5.56 Å². The molecule has 6 heteroatoms. The highest BCUT2D eigenvalue weighted by molar-refractivity contribution is 5.90. The summed E-state index contributed by atoms with van der Waals surface area (Å²) in [7, 11) is 0. The number of benzene rings is 1. The number of hydrogen-bond acceptors (Lipinski definition) is 4. The first-order valence-electron chi connectivity index (χ1n) is 6.66. The Balaban J connectivity index is 1.98. The molecule has 0 fully saturated rings. The van der Waals surface area contributed by atoms with E-state index in [-0.39, 0.29) is 17.9 Å². The van der Waals surface area contributed by atoms with Crippen LogP contribution < -0.4 is 16.6 Å². The number of hydrogen-bond donors (Lipinski definition) is 2. The zero-order chi connectivity index (χ0) is 15.4. The smallest absolute Gasteiger partial charge is 0.253 e. The number of nitrogens with zero attached hydrogens (tertiary/aromatic N) is 2. The number of amides is 1. The second-order valence-electron chi connectivity index (χ2n) is 4.85. The van der Waals surface area contributed by atoms with Crippen LogP contribution in [0.2, 0.25) is 0 Å². The van der Waals surface area contributed by atoms with E-state index in [1.807, 2.05) is 0 Å². The van der Waals surface area contributed by atoms with Gasteiger partial charge >= 0.3 is 0 Å². The van der Waals surface area contributed by atoms with Crippen molar-refractivity contribution >= 4 is 17.3 Å². The highest BCUT2D eigenvalue weighted by Crippen LogP contribution is 2.10. The van der Waals surface area contributed by atoms with Crippen molar-refractivity contribution in [2.75, 3.05) is 11.1 Å². The summed E-state index contributed by atoms with van der Waals surface area (Å²) in [5, 5.41) is 2.76. The Morgan fingerprint density at radius 1 is 1.29 bits per heavy atom. The molecule has 0 aliphatic rings. The van der Waals surface area contributed by atoms with Crippen molar-refractivity contribution in [3.8, 4) is 0 Å². The van der Waals surface area contributed by atoms with Gasteiger partial charge in [0.15, 0.2) is 0 Å². The quantitative estimate of drug-likeness (QED) is 0.833. The van der Waals surface area contributed by atoms with E-state index in [1.54, 1.807) is 38.1 Å². The van der Waals surface area contributed by atoms with Gasteiger partial charge in [0.2, 0.25) is 5.91 Å². The topological polar surface area (TPSA) is 90.0 Å². The molecule has 1 heterocycles. The van der Waals surface area contributed by atoms with E-state index in [0.29, 0.717) is 29.4 Å². The maximum atomic E-state index is 11.9. The van der Waals surface area contributed by atoms with E-state index < -0.39 is 0 Å². The van der Waals surface area contributed by atoms with Crippen LogP contribution in [-0.2, 0) is 11.3 Å². The Labute approximate surface area is 122 Å². The summed E-state index contributed by atoms with van der Waals surface area (Å²) in [6, 6.07) is 8.36. The summed E-state index contributed by atoms with van der Waals surface area (Å²) in [6.45, 7) is 3.83. The molecule has 6 nitrogen and oxygen atoms in total. The van der Waals surface area contributed by atoms with Gasteiger partial charge in [-0.3, -0.25) is 14.2 Å². The zero-order valence-corrected chi connectivity index (χ0v) is 12.1. The molecule has 2 aromatic rings. The number of aromatic nitrogens is 2. The molecule has 0 aliphatic carbocycles. The standard InChI is InChI=1S/C15H18N4O2/c1-10-9-15(21)19(11(2)17-10)8-7-14(20)18-13-5-3-12(16)4-6-13/h3-6,9H,7-8,16H2,1-2H3,(H,18,20). The van der Waals surface area contributed by atoms with Crippen molar-refractivity contribution in [1.29, 1.82) is 0 Å². The highest BCUT2D eigenvalue weighted by Gasteiger charge is 2.07. The fourth-order valence-corrected chi connectivity index (χ4v) is 2.04. The average molecular weight is 286 g/mol. The van der Waals surface area contributed by atoms with Gasteiger partial charge in [-0.05, 0) is 38.1 Å². The molecular formula is C15H18N4O2. The third-order valence-corrected chi connectivity index (χ3v) is 3.08. The van der Waals surface area contributed by atoms with E-state index in [9.17, 15) is 9.59 Å². The summed E-state index contributed by atoms with van der Waals surface area (Å²) in [6.07, 6.45) is 0.204. The molecule has 0 atom stereocenters. The Kier molecular flexibility index (Phi) is 4.37. The number of carbonyl (C=O) groups is 1. The lowest BCUT2D eigenvalue weighted by atomic mass is 10.2. The number of nitrogens with two attached hydrogens (primary N) is 1. The van der Waals surface area contributed by atoms with Crippen LogP contribution in [0.5, 0.6) is 0 Å². The van der Waals surface area contributed by atoms with Crippen LogP contribution in [0.15, 0.2) is 35.1 Å². The molecule has 3 N–H and O–H groups in total. The van der Waals surface area contributed by atoms with Crippen molar-refractivity contribution in [3.05, 3.63) is 52.2 Å². The third-order valence-electron chi connectivity index (χ3n) is 3.08. The van der Waals surface area contributed by atoms with Crippen LogP contribution in [0.1, 0.15) is 17.9 Å². The van der Waals surface area contributed by atoms with E-state index in [0.717, 1.165) is 0 Å². The maximum Gasteiger partial charge on any atom is 0.253 e. The minimum atomic E-state index is -0.161. The van der Waals surface area contributed by atoms with Crippen LogP contribution in [0, 0.1) is 13.8 Å². The molecule has 0 saturated heterocycles. The Bertz CT molecular complexity index is 705. The van der Waals surface area contributed by atoms with E-state index in [4.69, 9.17) is 5.73 Å². The zero-order valence-electron chi connectivity index (χ0n) is 12.1. The number of rotatable bonds is 4. The monoisotopic (exact) mass is 286 g/mol. The Hall–Kier alpha value is -2.63. The van der Waals surface area contributed by atoms with Gasteiger partial charge in [0.1, 0.15) is 5.82 Å². The first-order valence-corrected chi connectivity index (χ1v) is 6.66. The van der Waals surface area contributed by atoms with Crippen molar-refractivity contribution in [3.63, 3.8) is 0 Å². The molecule has 0 radical (unpaired) electrons. The van der Waals surface area contributed by atoms with Crippen molar-refractivity contribution in [2.45, 2.75) is 26.8 Å². The molecule has 110 valence electrons. The van der Waals surface area contributed by atoms with E-state index in [1.165, 1.54) is 10.6 Å². The van der Waals surface area contributed by atoms with Crippen LogP contribution in [-0.4, -0.2) is 15.5 Å². The predicted molar refractivity (Wildman–Crippen MR) is 82.1 cm³/mol. The van der Waals surface area contributed by atoms with Gasteiger partial charge in [-0.25, -0.2) is 4.98 Å². The van der Waals surface area contributed by atoms with Crippen LogP contribution in [0.3, 0.4) is 0 Å². The minimum Gasteiger partial charge on any atom is -0.399 e. The lowest BCUT2D eigenvalue weighted by Crippen LogP contribution is -2.26. The minimum absolute atomic E-state index is 0.139. The normalized spacial score (nSPS) is 10.4. The van der Waals surface area contributed by atoms with Crippen molar-refractivity contribution in [1.82, 2.24) is 9.55 Å². The van der Waals surface area contributed by atoms with Crippen LogP contribution >= 0.6 is 0 Å². The number of carbonyl (C=O) groups excluding carboxylic acids is 1. The molecule has 0 aliphatic heterocycles. The summed E-state index contributed by atoms with van der Waals surface area (Å²) in [4.78, 5) is 28.0. The molecule has 2 rings (SSSR count). The summed E-state index contributed by atoms with van der Waals surface area (Å²) < 4.78 is 1.50. The summed E-state index contributed by atoms with van der Waals surface area (Å²) in [5.41, 5.74) is 7.44. The fraction of sp³-hybridized carbons (Fsp3) is 0.267. The molecule has 1 aromatic heterocycles. The first kappa shape index (κ1) is 14.8. The molecule has 1 aromatic carbocycles. The molecule has 1 amide bonds. The maximum absolute atomic E-state index is 11.9. The van der Waals surface area contributed by atoms with Crippen LogP contribution in [0.4, 0.5) is 11.4 Å². The van der Waals surface area contributed by atoms with Crippen LogP contribution in [0.25, 0.3) is 0 Å². The molecular weight excluding hydrogens is 268 g/mol. The second kappa shape index (κ2) is 6.21. The van der Waals surface area contributed by atoms with Crippen molar-refractivity contribution < 1.29 is 4.79 Å². The predicted octanol–water partition coefficient (Wildman–Crippen LogP) is 1.47. The van der Waals surface area contributed by atoms with Crippen molar-refractivity contribution in [2.24, 2.45) is 0 Å². The fourth-order valence-electron chi connectivity index (χ4n) is 2.04. The van der Waals surface area contributed by atoms with E-state index in [2.05, 4.69) is 10.3 Å². The lowest BCUT2D eigenvalue weighted by Gasteiger charge is -2.10. The third kappa shape index (κ3) is 3.92. The highest BCUT2D eigenvalue weighted by atomic mass is 16.1. The Morgan fingerprint density at radius 2 is 1.95 bits per heavy atom. The molecule has 0 saturated carbocycles. The molecule has 0 unspecified atom stereocenters. The average Bonchev–Trinajstić information content (AvgIpc) is 2.40. The van der Waals surface area contributed by atoms with Gasteiger partial charge in [-0.1, -0.05) is 0 Å². The molecule has 0 bridgehead atoms. The SMILES string of the molecule is Cc1cc(=O)n(CCC(=O)Nc2ccc(N)cc2)c(C)n1.